The molecule has 2 aromatic rings. The van der Waals surface area contributed by atoms with Gasteiger partial charge in [0.15, 0.2) is 0 Å². The van der Waals surface area contributed by atoms with E-state index in [2.05, 4.69) is 0 Å². The number of hydrogen-bond donors (Lipinski definition) is 1. The summed E-state index contributed by atoms with van der Waals surface area (Å²) in [4.78, 5) is 26.8. The molecule has 1 atom stereocenters. The summed E-state index contributed by atoms with van der Waals surface area (Å²) >= 11 is 0. The Balaban J connectivity index is 2.16. The highest BCUT2D eigenvalue weighted by Gasteiger charge is 2.46. The standard InChI is InChI=1S/C23H23F2NO3/c1-3-4-7-12-26-20(16-8-5-6-9-18(16)25)19(22(28)23(26)29)21(27)15-10-11-17(24)14(2)13-15/h5-6,8-11,13,20,27H,3-4,7,12H2,1-2H3/b21-19+. The molecule has 4 nitrogen and oxygen atoms in total. The van der Waals surface area contributed by atoms with Crippen LogP contribution in [0.1, 0.15) is 48.9 Å². The number of benzene rings is 2. The quantitative estimate of drug-likeness (QED) is 0.326. The van der Waals surface area contributed by atoms with Crippen molar-refractivity contribution in [2.24, 2.45) is 0 Å². The third-order valence-electron chi connectivity index (χ3n) is 5.17. The summed E-state index contributed by atoms with van der Waals surface area (Å²) in [5.41, 5.74) is 0.455. The van der Waals surface area contributed by atoms with Gasteiger partial charge in [0.25, 0.3) is 11.7 Å². The minimum absolute atomic E-state index is 0.142. The number of hydrogen-bond acceptors (Lipinski definition) is 3. The zero-order chi connectivity index (χ0) is 21.1. The Morgan fingerprint density at radius 1 is 1.07 bits per heavy atom. The molecule has 0 aliphatic carbocycles. The lowest BCUT2D eigenvalue weighted by Gasteiger charge is -2.25. The molecular weight excluding hydrogens is 376 g/mol. The van der Waals surface area contributed by atoms with E-state index in [-0.39, 0.29) is 28.8 Å². The summed E-state index contributed by atoms with van der Waals surface area (Å²) in [6.07, 6.45) is 2.43. The molecule has 1 unspecified atom stereocenters. The van der Waals surface area contributed by atoms with Gasteiger partial charge in [-0.2, -0.15) is 0 Å². The van der Waals surface area contributed by atoms with Crippen LogP contribution in [0.3, 0.4) is 0 Å². The molecule has 152 valence electrons. The Morgan fingerprint density at radius 2 is 1.79 bits per heavy atom. The average molecular weight is 399 g/mol. The molecule has 0 radical (unpaired) electrons. The van der Waals surface area contributed by atoms with Gasteiger partial charge in [-0.3, -0.25) is 9.59 Å². The number of ketones is 1. The maximum atomic E-state index is 14.6. The number of aryl methyl sites for hydroxylation is 1. The first-order valence-corrected chi connectivity index (χ1v) is 9.66. The molecule has 1 amide bonds. The summed E-state index contributed by atoms with van der Waals surface area (Å²) in [6.45, 7) is 3.82. The summed E-state index contributed by atoms with van der Waals surface area (Å²) in [5, 5.41) is 10.9. The van der Waals surface area contributed by atoms with Crippen LogP contribution >= 0.6 is 0 Å². The van der Waals surface area contributed by atoms with Crippen molar-refractivity contribution >= 4 is 17.4 Å². The Hall–Kier alpha value is -3.02. The van der Waals surface area contributed by atoms with Gasteiger partial charge in [-0.05, 0) is 43.2 Å². The Kier molecular flexibility index (Phi) is 6.11. The number of halogens is 2. The van der Waals surface area contributed by atoms with Crippen LogP contribution in [0.2, 0.25) is 0 Å². The normalized spacial score (nSPS) is 18.5. The van der Waals surface area contributed by atoms with Crippen molar-refractivity contribution in [2.45, 2.75) is 39.2 Å². The zero-order valence-electron chi connectivity index (χ0n) is 16.4. The largest absolute Gasteiger partial charge is 0.507 e. The predicted octanol–water partition coefficient (Wildman–Crippen LogP) is 4.89. The first-order valence-electron chi connectivity index (χ1n) is 9.66. The number of carbonyl (C=O) groups is 2. The Labute approximate surface area is 168 Å². The molecule has 6 heteroatoms. The summed E-state index contributed by atoms with van der Waals surface area (Å²) in [7, 11) is 0. The molecule has 0 saturated carbocycles. The summed E-state index contributed by atoms with van der Waals surface area (Å²) < 4.78 is 28.2. The molecular formula is C23H23F2NO3. The number of Topliss-reactive ketones (excluding diaryl/α,β-unsaturated/α-hetero) is 1. The van der Waals surface area contributed by atoms with Crippen molar-refractivity contribution in [2.75, 3.05) is 6.54 Å². The lowest BCUT2D eigenvalue weighted by Crippen LogP contribution is -2.31. The molecule has 1 aliphatic rings. The number of amides is 1. The second-order valence-corrected chi connectivity index (χ2v) is 7.19. The van der Waals surface area contributed by atoms with Crippen LogP contribution in [0.5, 0.6) is 0 Å². The van der Waals surface area contributed by atoms with Gasteiger partial charge in [-0.25, -0.2) is 8.78 Å². The number of likely N-dealkylation sites (tertiary alicyclic amines) is 1. The maximum Gasteiger partial charge on any atom is 0.295 e. The van der Waals surface area contributed by atoms with Gasteiger partial charge < -0.3 is 10.0 Å². The monoisotopic (exact) mass is 399 g/mol. The third-order valence-corrected chi connectivity index (χ3v) is 5.17. The molecule has 1 N–H and O–H groups in total. The Bertz CT molecular complexity index is 984. The van der Waals surface area contributed by atoms with Crippen molar-refractivity contribution in [3.05, 3.63) is 76.4 Å². The molecule has 1 saturated heterocycles. The van der Waals surface area contributed by atoms with E-state index < -0.39 is 35.1 Å². The topological polar surface area (TPSA) is 57.6 Å². The van der Waals surface area contributed by atoms with E-state index >= 15 is 0 Å². The van der Waals surface area contributed by atoms with Crippen LogP contribution in [0, 0.1) is 18.6 Å². The van der Waals surface area contributed by atoms with E-state index in [9.17, 15) is 23.5 Å². The fraction of sp³-hybridized carbons (Fsp3) is 0.304. The Morgan fingerprint density at radius 3 is 2.45 bits per heavy atom. The van der Waals surface area contributed by atoms with Gasteiger partial charge in [0.1, 0.15) is 17.4 Å². The number of carbonyl (C=O) groups excluding carboxylic acids is 2. The van der Waals surface area contributed by atoms with Crippen LogP contribution in [0.4, 0.5) is 8.78 Å². The molecule has 0 spiro atoms. The summed E-state index contributed by atoms with van der Waals surface area (Å²) in [5.74, 6) is -3.09. The number of rotatable bonds is 6. The lowest BCUT2D eigenvalue weighted by molar-refractivity contribution is -0.139. The van der Waals surface area contributed by atoms with Crippen LogP contribution in [-0.2, 0) is 9.59 Å². The molecule has 3 rings (SSSR count). The first-order chi connectivity index (χ1) is 13.9. The molecule has 29 heavy (non-hydrogen) atoms. The molecule has 1 heterocycles. The number of nitrogens with zero attached hydrogens (tertiary/aromatic N) is 1. The van der Waals surface area contributed by atoms with Gasteiger partial charge in [0.2, 0.25) is 0 Å². The van der Waals surface area contributed by atoms with Gasteiger partial charge >= 0.3 is 0 Å². The van der Waals surface area contributed by atoms with E-state index in [1.165, 1.54) is 48.2 Å². The maximum absolute atomic E-state index is 14.6. The highest BCUT2D eigenvalue weighted by atomic mass is 19.1. The van der Waals surface area contributed by atoms with E-state index in [0.717, 1.165) is 12.8 Å². The second-order valence-electron chi connectivity index (χ2n) is 7.19. The van der Waals surface area contributed by atoms with E-state index in [4.69, 9.17) is 0 Å². The van der Waals surface area contributed by atoms with Gasteiger partial charge in [-0.15, -0.1) is 0 Å². The van der Waals surface area contributed by atoms with E-state index in [0.29, 0.717) is 6.42 Å². The molecule has 0 bridgehead atoms. The highest BCUT2D eigenvalue weighted by Crippen LogP contribution is 2.40. The van der Waals surface area contributed by atoms with Crippen molar-refractivity contribution in [1.29, 1.82) is 0 Å². The third kappa shape index (κ3) is 3.92. The SMILES string of the molecule is CCCCCN1C(=O)C(=O)/C(=C(/O)c2ccc(F)c(C)c2)C1c1ccccc1F. The van der Waals surface area contributed by atoms with E-state index in [1.807, 2.05) is 6.92 Å². The van der Waals surface area contributed by atoms with Gasteiger partial charge in [0, 0.05) is 17.7 Å². The van der Waals surface area contributed by atoms with Crippen molar-refractivity contribution < 1.29 is 23.5 Å². The molecule has 1 fully saturated rings. The minimum atomic E-state index is -1.03. The van der Waals surface area contributed by atoms with Crippen molar-refractivity contribution in [1.82, 2.24) is 4.90 Å². The number of aliphatic hydroxyl groups is 1. The number of unbranched alkanes of at least 4 members (excludes halogenated alkanes) is 2. The first kappa shape index (κ1) is 20.7. The predicted molar refractivity (Wildman–Crippen MR) is 106 cm³/mol. The average Bonchev–Trinajstić information content (AvgIpc) is 2.95. The van der Waals surface area contributed by atoms with Gasteiger partial charge in [-0.1, -0.05) is 38.0 Å². The highest BCUT2D eigenvalue weighted by molar-refractivity contribution is 6.46. The van der Waals surface area contributed by atoms with E-state index in [1.54, 1.807) is 6.07 Å². The zero-order valence-corrected chi connectivity index (χ0v) is 16.4. The van der Waals surface area contributed by atoms with Crippen LogP contribution in [0.25, 0.3) is 5.76 Å². The lowest BCUT2D eigenvalue weighted by atomic mass is 9.94. The fourth-order valence-corrected chi connectivity index (χ4v) is 3.61. The summed E-state index contributed by atoms with van der Waals surface area (Å²) in [6, 6.07) is 8.77. The van der Waals surface area contributed by atoms with Crippen molar-refractivity contribution in [3.8, 4) is 0 Å². The molecule has 0 aromatic heterocycles. The smallest absolute Gasteiger partial charge is 0.295 e. The van der Waals surface area contributed by atoms with Crippen molar-refractivity contribution in [3.63, 3.8) is 0 Å². The van der Waals surface area contributed by atoms with Gasteiger partial charge in [0.05, 0.1) is 11.6 Å². The second kappa shape index (κ2) is 8.55. The number of aliphatic hydroxyl groups excluding tert-OH is 1. The molecule has 2 aromatic carbocycles. The molecule has 1 aliphatic heterocycles. The fourth-order valence-electron chi connectivity index (χ4n) is 3.61. The van der Waals surface area contributed by atoms with Crippen LogP contribution < -0.4 is 0 Å². The minimum Gasteiger partial charge on any atom is -0.507 e. The van der Waals surface area contributed by atoms with Crippen LogP contribution in [0.15, 0.2) is 48.0 Å². The van der Waals surface area contributed by atoms with Crippen LogP contribution in [-0.4, -0.2) is 28.2 Å².